The van der Waals surface area contributed by atoms with Crippen LogP contribution in [-0.4, -0.2) is 16.6 Å². The normalized spacial score (nSPS) is 9.93. The molecule has 3 heteroatoms. The number of hydrogen-bond acceptors (Lipinski definition) is 3. The Labute approximate surface area is 88.8 Å². The van der Waals surface area contributed by atoms with Gasteiger partial charge in [-0.2, -0.15) is 0 Å². The molecule has 0 aliphatic carbocycles. The lowest BCUT2D eigenvalue weighted by molar-refractivity contribution is 0.340. The Morgan fingerprint density at radius 3 is 3.00 bits per heavy atom. The van der Waals surface area contributed by atoms with Crippen LogP contribution in [0.15, 0.2) is 36.5 Å². The van der Waals surface area contributed by atoms with Crippen LogP contribution in [0.4, 0.5) is 0 Å². The molecule has 0 atom stereocenters. The summed E-state index contributed by atoms with van der Waals surface area (Å²) in [5.74, 6) is 0.855. The van der Waals surface area contributed by atoms with Gasteiger partial charge >= 0.3 is 0 Å². The minimum Gasteiger partial charge on any atom is -0.494 e. The van der Waals surface area contributed by atoms with Crippen molar-refractivity contribution >= 4 is 0 Å². The second-order valence-electron chi connectivity index (χ2n) is 3.00. The summed E-state index contributed by atoms with van der Waals surface area (Å²) < 4.78 is 5.41. The van der Waals surface area contributed by atoms with E-state index >= 15 is 0 Å². The first-order chi connectivity index (χ1) is 7.40. The summed E-state index contributed by atoms with van der Waals surface area (Å²) in [7, 11) is 0. The van der Waals surface area contributed by atoms with Crippen molar-refractivity contribution in [2.75, 3.05) is 6.61 Å². The molecule has 0 amide bonds. The van der Waals surface area contributed by atoms with Crippen LogP contribution >= 0.6 is 0 Å². The molecular weight excluding hydrogens is 188 g/mol. The van der Waals surface area contributed by atoms with Crippen LogP contribution in [0, 0.1) is 6.33 Å². The summed E-state index contributed by atoms with van der Waals surface area (Å²) in [6.45, 7) is 2.63. The van der Waals surface area contributed by atoms with E-state index in [1.807, 2.05) is 37.3 Å². The molecule has 15 heavy (non-hydrogen) atoms. The smallest absolute Gasteiger partial charge is 0.198 e. The number of benzene rings is 1. The lowest BCUT2D eigenvalue weighted by Crippen LogP contribution is -1.91. The molecule has 0 spiro atoms. The van der Waals surface area contributed by atoms with Crippen molar-refractivity contribution in [3.8, 4) is 17.0 Å². The van der Waals surface area contributed by atoms with Gasteiger partial charge in [0.1, 0.15) is 5.75 Å². The van der Waals surface area contributed by atoms with Crippen molar-refractivity contribution in [1.29, 1.82) is 0 Å². The van der Waals surface area contributed by atoms with Gasteiger partial charge in [0.15, 0.2) is 6.33 Å². The van der Waals surface area contributed by atoms with Crippen LogP contribution in [-0.2, 0) is 0 Å². The third kappa shape index (κ3) is 2.31. The summed E-state index contributed by atoms with van der Waals surface area (Å²) >= 11 is 0. The van der Waals surface area contributed by atoms with E-state index < -0.39 is 0 Å². The minimum absolute atomic E-state index is 0.666. The number of ether oxygens (including phenoxy) is 1. The molecule has 0 N–H and O–H groups in total. The summed E-state index contributed by atoms with van der Waals surface area (Å²) in [6, 6.07) is 9.67. The molecule has 1 aromatic heterocycles. The Hall–Kier alpha value is -1.90. The van der Waals surface area contributed by atoms with E-state index in [1.165, 1.54) is 0 Å². The highest BCUT2D eigenvalue weighted by Crippen LogP contribution is 2.21. The molecule has 0 fully saturated rings. The molecule has 2 rings (SSSR count). The lowest BCUT2D eigenvalue weighted by atomic mass is 10.1. The zero-order valence-corrected chi connectivity index (χ0v) is 8.47. The fraction of sp³-hybridized carbons (Fsp3) is 0.167. The predicted octanol–water partition coefficient (Wildman–Crippen LogP) is 2.34. The molecule has 0 bridgehead atoms. The molecule has 1 radical (unpaired) electrons. The van der Waals surface area contributed by atoms with Gasteiger partial charge in [-0.15, -0.1) is 0 Å². The highest BCUT2D eigenvalue weighted by atomic mass is 16.5. The van der Waals surface area contributed by atoms with E-state index in [1.54, 1.807) is 6.20 Å². The zero-order valence-electron chi connectivity index (χ0n) is 8.47. The second kappa shape index (κ2) is 4.55. The minimum atomic E-state index is 0.666. The van der Waals surface area contributed by atoms with E-state index in [0.29, 0.717) is 6.61 Å². The van der Waals surface area contributed by atoms with E-state index in [4.69, 9.17) is 4.74 Å². The molecule has 1 heterocycles. The maximum atomic E-state index is 5.41. The number of nitrogens with zero attached hydrogens (tertiary/aromatic N) is 2. The van der Waals surface area contributed by atoms with Crippen molar-refractivity contribution in [2.45, 2.75) is 6.92 Å². The fourth-order valence-corrected chi connectivity index (χ4v) is 1.33. The molecule has 0 aliphatic rings. The molecule has 0 saturated carbocycles. The summed E-state index contributed by atoms with van der Waals surface area (Å²) in [6.07, 6.45) is 4.25. The Balaban J connectivity index is 2.33. The Morgan fingerprint density at radius 2 is 2.27 bits per heavy atom. The standard InChI is InChI=1S/C12H11N2O/c1-2-15-11-5-3-4-10(8-11)12-6-7-13-9-14-12/h3-8H,2H2,1H3. The van der Waals surface area contributed by atoms with E-state index in [2.05, 4.69) is 16.3 Å². The third-order valence-electron chi connectivity index (χ3n) is 1.98. The average molecular weight is 199 g/mol. The first-order valence-corrected chi connectivity index (χ1v) is 4.82. The Bertz CT molecular complexity index is 429. The number of rotatable bonds is 3. The first-order valence-electron chi connectivity index (χ1n) is 4.82. The van der Waals surface area contributed by atoms with Gasteiger partial charge in [-0.1, -0.05) is 12.1 Å². The quantitative estimate of drug-likeness (QED) is 0.761. The van der Waals surface area contributed by atoms with Crippen LogP contribution in [0.1, 0.15) is 6.92 Å². The zero-order chi connectivity index (χ0) is 10.5. The topological polar surface area (TPSA) is 35.0 Å². The van der Waals surface area contributed by atoms with Crippen molar-refractivity contribution in [3.05, 3.63) is 42.9 Å². The van der Waals surface area contributed by atoms with Gasteiger partial charge in [-0.25, -0.2) is 9.97 Å². The molecule has 3 nitrogen and oxygen atoms in total. The molecule has 1 aromatic carbocycles. The van der Waals surface area contributed by atoms with E-state index in [-0.39, 0.29) is 0 Å². The van der Waals surface area contributed by atoms with Gasteiger partial charge in [-0.05, 0) is 25.1 Å². The molecule has 0 unspecified atom stereocenters. The van der Waals surface area contributed by atoms with Gasteiger partial charge in [0, 0.05) is 11.8 Å². The first kappa shape index (κ1) is 9.65. The van der Waals surface area contributed by atoms with Gasteiger partial charge < -0.3 is 4.74 Å². The lowest BCUT2D eigenvalue weighted by Gasteiger charge is -2.04. The molecule has 0 aliphatic heterocycles. The van der Waals surface area contributed by atoms with Crippen molar-refractivity contribution in [3.63, 3.8) is 0 Å². The number of aromatic nitrogens is 2. The molecular formula is C12H11N2O. The molecule has 2 aromatic rings. The van der Waals surface area contributed by atoms with Gasteiger partial charge in [-0.3, -0.25) is 0 Å². The third-order valence-corrected chi connectivity index (χ3v) is 1.98. The highest BCUT2D eigenvalue weighted by Gasteiger charge is 2.00. The highest BCUT2D eigenvalue weighted by molar-refractivity contribution is 5.60. The summed E-state index contributed by atoms with van der Waals surface area (Å²) in [5, 5.41) is 0. The van der Waals surface area contributed by atoms with E-state index in [0.717, 1.165) is 17.0 Å². The van der Waals surface area contributed by atoms with Gasteiger partial charge in [0.05, 0.1) is 12.3 Å². The molecule has 75 valence electrons. The Kier molecular flexibility index (Phi) is 2.93. The van der Waals surface area contributed by atoms with Gasteiger partial charge in [0.2, 0.25) is 0 Å². The Morgan fingerprint density at radius 1 is 1.33 bits per heavy atom. The van der Waals surface area contributed by atoms with Crippen LogP contribution in [0.3, 0.4) is 0 Å². The fourth-order valence-electron chi connectivity index (χ4n) is 1.33. The second-order valence-corrected chi connectivity index (χ2v) is 3.00. The summed E-state index contributed by atoms with van der Waals surface area (Å²) in [4.78, 5) is 7.82. The van der Waals surface area contributed by atoms with Crippen molar-refractivity contribution < 1.29 is 4.74 Å². The van der Waals surface area contributed by atoms with Crippen molar-refractivity contribution in [2.24, 2.45) is 0 Å². The largest absolute Gasteiger partial charge is 0.494 e. The monoisotopic (exact) mass is 199 g/mol. The number of hydrogen-bond donors (Lipinski definition) is 0. The van der Waals surface area contributed by atoms with Crippen LogP contribution in [0.25, 0.3) is 11.3 Å². The van der Waals surface area contributed by atoms with E-state index in [9.17, 15) is 0 Å². The van der Waals surface area contributed by atoms with Crippen LogP contribution < -0.4 is 4.74 Å². The van der Waals surface area contributed by atoms with Crippen LogP contribution in [0.5, 0.6) is 5.75 Å². The maximum Gasteiger partial charge on any atom is 0.198 e. The SMILES string of the molecule is CCOc1cccc(-c2ccn[c]n2)c1. The molecule has 0 saturated heterocycles. The predicted molar refractivity (Wildman–Crippen MR) is 57.5 cm³/mol. The summed E-state index contributed by atoms with van der Waals surface area (Å²) in [5.41, 5.74) is 1.87. The van der Waals surface area contributed by atoms with Crippen LogP contribution in [0.2, 0.25) is 0 Å². The maximum absolute atomic E-state index is 5.41. The van der Waals surface area contributed by atoms with Gasteiger partial charge in [0.25, 0.3) is 0 Å². The van der Waals surface area contributed by atoms with Crippen molar-refractivity contribution in [1.82, 2.24) is 9.97 Å². The average Bonchev–Trinajstić information content (AvgIpc) is 2.31.